The van der Waals surface area contributed by atoms with Crippen molar-refractivity contribution >= 4 is 11.4 Å². The fraction of sp³-hybridized carbons (Fsp3) is 0.500. The Hall–Kier alpha value is -1.69. The van der Waals surface area contributed by atoms with E-state index in [2.05, 4.69) is 18.3 Å². The van der Waals surface area contributed by atoms with Gasteiger partial charge in [-0.25, -0.2) is 0 Å². The van der Waals surface area contributed by atoms with Crippen LogP contribution < -0.4 is 11.1 Å². The molecule has 0 aromatic heterocycles. The number of anilines is 2. The number of hydrogen-bond acceptors (Lipinski definition) is 3. The molecule has 0 heterocycles. The summed E-state index contributed by atoms with van der Waals surface area (Å²) >= 11 is 0. The van der Waals surface area contributed by atoms with E-state index in [0.717, 1.165) is 24.1 Å². The molecule has 3 N–H and O–H groups in total. The highest BCUT2D eigenvalue weighted by molar-refractivity contribution is 5.72. The largest absolute Gasteiger partial charge is 0.396 e. The molecule has 2 atom stereocenters. The van der Waals surface area contributed by atoms with E-state index in [1.165, 1.54) is 19.3 Å². The van der Waals surface area contributed by atoms with Gasteiger partial charge in [-0.2, -0.15) is 5.26 Å². The quantitative estimate of drug-likeness (QED) is 0.783. The minimum Gasteiger partial charge on any atom is -0.396 e. The highest BCUT2D eigenvalue weighted by atomic mass is 14.9. The second-order valence-electron chi connectivity index (χ2n) is 5.04. The number of nitrogens with zero attached hydrogens (tertiary/aromatic N) is 1. The topological polar surface area (TPSA) is 61.8 Å². The van der Waals surface area contributed by atoms with Crippen LogP contribution in [0.1, 0.15) is 31.7 Å². The second kappa shape index (κ2) is 5.09. The lowest BCUT2D eigenvalue weighted by molar-refractivity contribution is 0.537. The van der Waals surface area contributed by atoms with E-state index in [1.807, 2.05) is 12.1 Å². The van der Waals surface area contributed by atoms with E-state index < -0.39 is 0 Å². The SMILES string of the molecule is CC1CCC(CNc2cccc(C#N)c2N)C1. The first-order valence-corrected chi connectivity index (χ1v) is 6.23. The molecular weight excluding hydrogens is 210 g/mol. The highest BCUT2D eigenvalue weighted by Gasteiger charge is 2.21. The molecule has 1 fully saturated rings. The van der Waals surface area contributed by atoms with Crippen LogP contribution in [0.25, 0.3) is 0 Å². The van der Waals surface area contributed by atoms with Crippen LogP contribution in [0.15, 0.2) is 18.2 Å². The van der Waals surface area contributed by atoms with Gasteiger partial charge in [-0.3, -0.25) is 0 Å². The van der Waals surface area contributed by atoms with Crippen LogP contribution in [0.2, 0.25) is 0 Å². The van der Waals surface area contributed by atoms with Crippen molar-refractivity contribution in [3.63, 3.8) is 0 Å². The molecule has 17 heavy (non-hydrogen) atoms. The van der Waals surface area contributed by atoms with Crippen LogP contribution in [0, 0.1) is 23.2 Å². The van der Waals surface area contributed by atoms with E-state index in [0.29, 0.717) is 11.3 Å². The fourth-order valence-electron chi connectivity index (χ4n) is 2.58. The third-order valence-corrected chi connectivity index (χ3v) is 3.61. The van der Waals surface area contributed by atoms with Crippen LogP contribution in [-0.4, -0.2) is 6.54 Å². The summed E-state index contributed by atoms with van der Waals surface area (Å²) in [5, 5.41) is 12.3. The van der Waals surface area contributed by atoms with Crippen molar-refractivity contribution in [3.8, 4) is 6.07 Å². The smallest absolute Gasteiger partial charge is 0.101 e. The summed E-state index contributed by atoms with van der Waals surface area (Å²) in [5.74, 6) is 1.60. The maximum absolute atomic E-state index is 8.90. The van der Waals surface area contributed by atoms with Gasteiger partial charge in [-0.05, 0) is 36.8 Å². The normalized spacial score (nSPS) is 23.3. The molecule has 1 aromatic carbocycles. The number of nitriles is 1. The van der Waals surface area contributed by atoms with Crippen LogP contribution >= 0.6 is 0 Å². The number of nitrogen functional groups attached to an aromatic ring is 1. The Balaban J connectivity index is 1.98. The Morgan fingerprint density at radius 1 is 1.47 bits per heavy atom. The molecule has 0 amide bonds. The van der Waals surface area contributed by atoms with Crippen molar-refractivity contribution in [2.24, 2.45) is 11.8 Å². The molecule has 0 saturated heterocycles. The number of nitrogens with two attached hydrogens (primary N) is 1. The Bertz CT molecular complexity index is 434. The first-order chi connectivity index (χ1) is 8.20. The van der Waals surface area contributed by atoms with Gasteiger partial charge in [0.2, 0.25) is 0 Å². The van der Waals surface area contributed by atoms with E-state index >= 15 is 0 Å². The summed E-state index contributed by atoms with van der Waals surface area (Å²) < 4.78 is 0. The molecular formula is C14H19N3. The van der Waals surface area contributed by atoms with Gasteiger partial charge in [0.05, 0.1) is 16.9 Å². The maximum atomic E-state index is 8.90. The van der Waals surface area contributed by atoms with Gasteiger partial charge < -0.3 is 11.1 Å². The molecule has 1 aliphatic carbocycles. The Morgan fingerprint density at radius 2 is 2.29 bits per heavy atom. The van der Waals surface area contributed by atoms with Crippen LogP contribution in [0.3, 0.4) is 0 Å². The predicted molar refractivity (Wildman–Crippen MR) is 70.6 cm³/mol. The Labute approximate surface area is 103 Å². The van der Waals surface area contributed by atoms with E-state index in [4.69, 9.17) is 11.0 Å². The molecule has 1 saturated carbocycles. The van der Waals surface area contributed by atoms with Gasteiger partial charge in [-0.1, -0.05) is 19.4 Å². The first-order valence-electron chi connectivity index (χ1n) is 6.23. The molecule has 3 heteroatoms. The maximum Gasteiger partial charge on any atom is 0.101 e. The van der Waals surface area contributed by atoms with Crippen molar-refractivity contribution in [2.45, 2.75) is 26.2 Å². The molecule has 1 aromatic rings. The van der Waals surface area contributed by atoms with Gasteiger partial charge in [0.15, 0.2) is 0 Å². The number of benzene rings is 1. The third kappa shape index (κ3) is 2.71. The van der Waals surface area contributed by atoms with Gasteiger partial charge >= 0.3 is 0 Å². The number of nitrogens with one attached hydrogen (secondary N) is 1. The Morgan fingerprint density at radius 3 is 2.94 bits per heavy atom. The third-order valence-electron chi connectivity index (χ3n) is 3.61. The molecule has 0 radical (unpaired) electrons. The van der Waals surface area contributed by atoms with E-state index in [9.17, 15) is 0 Å². The molecule has 2 unspecified atom stereocenters. The number of hydrogen-bond donors (Lipinski definition) is 2. The molecule has 90 valence electrons. The summed E-state index contributed by atoms with van der Waals surface area (Å²) in [6.07, 6.45) is 3.93. The zero-order valence-corrected chi connectivity index (χ0v) is 10.2. The monoisotopic (exact) mass is 229 g/mol. The van der Waals surface area contributed by atoms with E-state index in [-0.39, 0.29) is 0 Å². The summed E-state index contributed by atoms with van der Waals surface area (Å²) in [5.41, 5.74) is 7.93. The number of rotatable bonds is 3. The highest BCUT2D eigenvalue weighted by Crippen LogP contribution is 2.31. The minimum atomic E-state index is 0.551. The lowest BCUT2D eigenvalue weighted by Crippen LogP contribution is -2.12. The second-order valence-corrected chi connectivity index (χ2v) is 5.04. The van der Waals surface area contributed by atoms with Gasteiger partial charge in [0.25, 0.3) is 0 Å². The van der Waals surface area contributed by atoms with Crippen molar-refractivity contribution < 1.29 is 0 Å². The lowest BCUT2D eigenvalue weighted by atomic mass is 10.1. The first kappa shape index (κ1) is 11.8. The lowest BCUT2D eigenvalue weighted by Gasteiger charge is -2.14. The zero-order chi connectivity index (χ0) is 12.3. The molecule has 0 bridgehead atoms. The standard InChI is InChI=1S/C14H19N3/c1-10-5-6-11(7-10)9-17-13-4-2-3-12(8-15)14(13)16/h2-4,10-11,17H,5-7,9,16H2,1H3. The number of para-hydroxylation sites is 1. The van der Waals surface area contributed by atoms with Gasteiger partial charge in [-0.15, -0.1) is 0 Å². The summed E-state index contributed by atoms with van der Waals surface area (Å²) in [4.78, 5) is 0. The summed E-state index contributed by atoms with van der Waals surface area (Å²) in [6, 6.07) is 7.66. The van der Waals surface area contributed by atoms with Crippen LogP contribution in [0.5, 0.6) is 0 Å². The van der Waals surface area contributed by atoms with Crippen molar-refractivity contribution in [1.29, 1.82) is 5.26 Å². The average Bonchev–Trinajstić information content (AvgIpc) is 2.74. The fourth-order valence-corrected chi connectivity index (χ4v) is 2.58. The van der Waals surface area contributed by atoms with Crippen molar-refractivity contribution in [2.75, 3.05) is 17.6 Å². The minimum absolute atomic E-state index is 0.551. The molecule has 2 rings (SSSR count). The van der Waals surface area contributed by atoms with Crippen molar-refractivity contribution in [1.82, 2.24) is 0 Å². The van der Waals surface area contributed by atoms with Crippen LogP contribution in [-0.2, 0) is 0 Å². The van der Waals surface area contributed by atoms with Gasteiger partial charge in [0.1, 0.15) is 6.07 Å². The summed E-state index contributed by atoms with van der Waals surface area (Å²) in [6.45, 7) is 3.27. The molecule has 3 nitrogen and oxygen atoms in total. The predicted octanol–water partition coefficient (Wildman–Crippen LogP) is 2.99. The molecule has 1 aliphatic rings. The average molecular weight is 229 g/mol. The molecule has 0 aliphatic heterocycles. The zero-order valence-electron chi connectivity index (χ0n) is 10.2. The van der Waals surface area contributed by atoms with E-state index in [1.54, 1.807) is 6.07 Å². The Kier molecular flexibility index (Phi) is 3.53. The molecule has 0 spiro atoms. The van der Waals surface area contributed by atoms with Gasteiger partial charge in [0, 0.05) is 6.54 Å². The summed E-state index contributed by atoms with van der Waals surface area (Å²) in [7, 11) is 0. The van der Waals surface area contributed by atoms with Crippen LogP contribution in [0.4, 0.5) is 11.4 Å². The van der Waals surface area contributed by atoms with Crippen molar-refractivity contribution in [3.05, 3.63) is 23.8 Å².